The van der Waals surface area contributed by atoms with Crippen molar-refractivity contribution in [3.8, 4) is 16.9 Å². The maximum atomic E-state index is 13.7. The summed E-state index contributed by atoms with van der Waals surface area (Å²) in [6.45, 7) is 2.26. The third-order valence-electron chi connectivity index (χ3n) is 7.46. The van der Waals surface area contributed by atoms with Gasteiger partial charge in [0.25, 0.3) is 5.56 Å². The molecule has 2 aromatic heterocycles. The lowest BCUT2D eigenvalue weighted by Gasteiger charge is -2.42. The largest absolute Gasteiger partial charge is 0.507 e. The number of piperazine rings is 1. The average molecular weight is 636 g/mol. The predicted molar refractivity (Wildman–Crippen MR) is 159 cm³/mol. The molecule has 0 aliphatic carbocycles. The number of halogens is 4. The van der Waals surface area contributed by atoms with Gasteiger partial charge >= 0.3 is 6.18 Å². The number of aliphatic hydroxyl groups is 1. The number of nitrogens with one attached hydrogen (secondary N) is 2. The fourth-order valence-electron chi connectivity index (χ4n) is 5.25. The van der Waals surface area contributed by atoms with Crippen molar-refractivity contribution in [1.82, 2.24) is 15.2 Å². The molecule has 4 aromatic rings. The van der Waals surface area contributed by atoms with Gasteiger partial charge in [-0.05, 0) is 61.4 Å². The molecule has 3 heterocycles. The van der Waals surface area contributed by atoms with Crippen molar-refractivity contribution in [3.63, 3.8) is 0 Å². The molecule has 228 valence electrons. The van der Waals surface area contributed by atoms with Crippen molar-refractivity contribution in [2.45, 2.75) is 36.1 Å². The van der Waals surface area contributed by atoms with Gasteiger partial charge in [-0.25, -0.2) is 0 Å². The van der Waals surface area contributed by atoms with E-state index in [1.807, 2.05) is 4.90 Å². The minimum absolute atomic E-state index is 0.0182. The molecule has 1 atom stereocenters. The van der Waals surface area contributed by atoms with E-state index in [1.54, 1.807) is 12.1 Å². The highest BCUT2D eigenvalue weighted by Crippen LogP contribution is 2.43. The Morgan fingerprint density at radius 1 is 1.12 bits per heavy atom. The van der Waals surface area contributed by atoms with Crippen LogP contribution >= 0.6 is 23.4 Å². The fourth-order valence-corrected chi connectivity index (χ4v) is 6.67. The number of rotatable bonds is 10. The summed E-state index contributed by atoms with van der Waals surface area (Å²) in [6.07, 6.45) is -2.60. The number of hydrogen-bond acceptors (Lipinski definition) is 8. The number of aromatic amines is 1. The Labute approximate surface area is 253 Å². The molecular formula is C30H29ClF3N3O5S. The van der Waals surface area contributed by atoms with Gasteiger partial charge in [0.2, 0.25) is 0 Å². The number of alkyl halides is 3. The number of nitrogens with zero attached hydrogens (tertiary/aromatic N) is 1. The molecule has 5 rings (SSSR count). The summed E-state index contributed by atoms with van der Waals surface area (Å²) < 4.78 is 46.4. The van der Waals surface area contributed by atoms with Crippen LogP contribution in [0.5, 0.6) is 5.75 Å². The van der Waals surface area contributed by atoms with E-state index in [4.69, 9.17) is 16.0 Å². The number of phenolic OH excluding ortho intramolecular Hbond substituents is 1. The molecule has 8 nitrogen and oxygen atoms in total. The number of aromatic nitrogens is 1. The SMILES string of the molecule is O=C(CCCC(O)(CSc1c(-c2cc(Cl)ccc2O)c2cc(C(F)(F)F)ccc2[nH]c1=O)N1CCNCC1)c1ccco1. The molecule has 1 aliphatic rings. The first-order valence-electron chi connectivity index (χ1n) is 13.6. The molecule has 0 spiro atoms. The number of Topliss-reactive ketones (excluding diaryl/α,β-unsaturated/α-hetero) is 1. The molecule has 1 aliphatic heterocycles. The van der Waals surface area contributed by atoms with Crippen molar-refractivity contribution in [3.05, 3.63) is 81.5 Å². The number of benzene rings is 2. The normalized spacial score (nSPS) is 15.9. The van der Waals surface area contributed by atoms with E-state index < -0.39 is 23.0 Å². The van der Waals surface area contributed by atoms with Gasteiger partial charge in [-0.1, -0.05) is 11.6 Å². The number of hydrogen-bond donors (Lipinski definition) is 4. The van der Waals surface area contributed by atoms with Crippen LogP contribution in [0, 0.1) is 0 Å². The van der Waals surface area contributed by atoms with Crippen LogP contribution in [-0.2, 0) is 6.18 Å². The van der Waals surface area contributed by atoms with Gasteiger partial charge in [0.1, 0.15) is 11.5 Å². The summed E-state index contributed by atoms with van der Waals surface area (Å²) >= 11 is 7.19. The smallest absolute Gasteiger partial charge is 0.416 e. The summed E-state index contributed by atoms with van der Waals surface area (Å²) in [5.41, 5.74) is -2.68. The average Bonchev–Trinajstić information content (AvgIpc) is 3.52. The second-order valence-electron chi connectivity index (χ2n) is 10.3. The Bertz CT molecular complexity index is 1670. The van der Waals surface area contributed by atoms with E-state index in [0.29, 0.717) is 32.6 Å². The molecule has 1 fully saturated rings. The molecule has 1 saturated heterocycles. The van der Waals surface area contributed by atoms with E-state index in [-0.39, 0.29) is 67.8 Å². The number of carbonyl (C=O) groups excluding carboxylic acids is 1. The van der Waals surface area contributed by atoms with Gasteiger partial charge in [-0.2, -0.15) is 13.2 Å². The van der Waals surface area contributed by atoms with Crippen LogP contribution in [0.2, 0.25) is 5.02 Å². The lowest BCUT2D eigenvalue weighted by molar-refractivity contribution is -0.137. The van der Waals surface area contributed by atoms with Crippen molar-refractivity contribution >= 4 is 40.0 Å². The standard InChI is InChI=1S/C30H29ClF3N3O5S/c31-19-6-8-23(38)21(16-19)26-20-15-18(30(32,33)34)5-7-22(20)36-28(40)27(26)43-17-29(41,37-12-10-35-11-13-37)9-1-3-24(39)25-4-2-14-42-25/h2,4-8,14-16,35,38,41H,1,3,9-13,17H2,(H,36,40). The number of furan rings is 1. The minimum Gasteiger partial charge on any atom is -0.507 e. The van der Waals surface area contributed by atoms with Crippen LogP contribution in [0.1, 0.15) is 35.4 Å². The first-order chi connectivity index (χ1) is 20.5. The summed E-state index contributed by atoms with van der Waals surface area (Å²) in [5, 5.41) is 26.2. The number of thioether (sulfide) groups is 1. The topological polar surface area (TPSA) is 119 Å². The number of H-pyrrole nitrogens is 1. The maximum absolute atomic E-state index is 13.7. The van der Waals surface area contributed by atoms with Crippen LogP contribution < -0.4 is 10.9 Å². The first kappa shape index (κ1) is 31.1. The second-order valence-corrected chi connectivity index (χ2v) is 11.8. The van der Waals surface area contributed by atoms with Crippen molar-refractivity contribution in [2.24, 2.45) is 0 Å². The lowest BCUT2D eigenvalue weighted by atomic mass is 9.98. The zero-order valence-electron chi connectivity index (χ0n) is 22.8. The molecule has 0 saturated carbocycles. The summed E-state index contributed by atoms with van der Waals surface area (Å²) in [7, 11) is 0. The third-order valence-corrected chi connectivity index (χ3v) is 8.98. The Balaban J connectivity index is 1.54. The minimum atomic E-state index is -4.65. The van der Waals surface area contributed by atoms with E-state index >= 15 is 0 Å². The first-order valence-corrected chi connectivity index (χ1v) is 15.0. The molecular weight excluding hydrogens is 607 g/mol. The Hall–Kier alpha value is -3.29. The Morgan fingerprint density at radius 2 is 1.88 bits per heavy atom. The third kappa shape index (κ3) is 6.94. The number of phenols is 1. The van der Waals surface area contributed by atoms with E-state index in [9.17, 15) is 33.0 Å². The van der Waals surface area contributed by atoms with Gasteiger partial charge in [0.15, 0.2) is 11.5 Å². The molecule has 0 amide bonds. The van der Waals surface area contributed by atoms with Gasteiger partial charge < -0.3 is 24.9 Å². The highest BCUT2D eigenvalue weighted by Gasteiger charge is 2.36. The van der Waals surface area contributed by atoms with Gasteiger partial charge in [0.05, 0.1) is 16.7 Å². The van der Waals surface area contributed by atoms with E-state index in [0.717, 1.165) is 23.9 Å². The monoisotopic (exact) mass is 635 g/mol. The predicted octanol–water partition coefficient (Wildman–Crippen LogP) is 5.91. The van der Waals surface area contributed by atoms with Crippen molar-refractivity contribution < 1.29 is 32.6 Å². The zero-order valence-corrected chi connectivity index (χ0v) is 24.4. The van der Waals surface area contributed by atoms with Crippen LogP contribution in [0.15, 0.2) is 68.9 Å². The quantitative estimate of drug-likeness (QED) is 0.126. The maximum Gasteiger partial charge on any atom is 0.416 e. The number of ketones is 1. The number of carbonyl (C=O) groups is 1. The van der Waals surface area contributed by atoms with Crippen molar-refractivity contribution in [2.75, 3.05) is 31.9 Å². The van der Waals surface area contributed by atoms with E-state index in [1.165, 1.54) is 30.5 Å². The molecule has 13 heteroatoms. The van der Waals surface area contributed by atoms with Crippen LogP contribution in [-0.4, -0.2) is 63.5 Å². The van der Waals surface area contributed by atoms with Crippen molar-refractivity contribution in [1.29, 1.82) is 0 Å². The lowest BCUT2D eigenvalue weighted by Crippen LogP contribution is -2.57. The number of aromatic hydroxyl groups is 1. The Kier molecular flexibility index (Phi) is 9.23. The number of pyridine rings is 1. The van der Waals surface area contributed by atoms with E-state index in [2.05, 4.69) is 10.3 Å². The van der Waals surface area contributed by atoms with Gasteiger partial charge in [0, 0.05) is 65.4 Å². The molecule has 1 unspecified atom stereocenters. The number of fused-ring (bicyclic) bond motifs is 1. The van der Waals surface area contributed by atoms with Gasteiger partial charge in [-0.3, -0.25) is 14.5 Å². The summed E-state index contributed by atoms with van der Waals surface area (Å²) in [4.78, 5) is 30.5. The summed E-state index contributed by atoms with van der Waals surface area (Å²) in [5.74, 6) is -0.286. The molecule has 43 heavy (non-hydrogen) atoms. The van der Waals surface area contributed by atoms with Gasteiger partial charge in [-0.15, -0.1) is 11.8 Å². The zero-order chi connectivity index (χ0) is 30.8. The summed E-state index contributed by atoms with van der Waals surface area (Å²) in [6, 6.07) is 10.3. The fraction of sp³-hybridized carbons (Fsp3) is 0.333. The highest BCUT2D eigenvalue weighted by atomic mass is 35.5. The molecule has 0 bridgehead atoms. The van der Waals surface area contributed by atoms with Crippen LogP contribution in [0.25, 0.3) is 22.0 Å². The van der Waals surface area contributed by atoms with Crippen LogP contribution in [0.3, 0.4) is 0 Å². The Morgan fingerprint density at radius 3 is 2.58 bits per heavy atom. The highest BCUT2D eigenvalue weighted by molar-refractivity contribution is 7.99. The second kappa shape index (κ2) is 12.7. The molecule has 2 aromatic carbocycles. The molecule has 4 N–H and O–H groups in total. The molecule has 0 radical (unpaired) electrons. The van der Waals surface area contributed by atoms with Crippen LogP contribution in [0.4, 0.5) is 13.2 Å².